The quantitative estimate of drug-likeness (QED) is 0.780. The van der Waals surface area contributed by atoms with E-state index < -0.39 is 0 Å². The third kappa shape index (κ3) is 2.65. The largest absolute Gasteiger partial charge is 0.389 e. The number of ether oxygens (including phenoxy) is 1. The topological polar surface area (TPSA) is 32.7 Å². The SMILES string of the molecule is CCN(CC)C[C@@H](O)CO[C@@H]1C[C@@H]2CC[C@]1(C)C2(C)C. The van der Waals surface area contributed by atoms with Crippen molar-refractivity contribution in [1.82, 2.24) is 4.90 Å². The van der Waals surface area contributed by atoms with Gasteiger partial charge in [-0.1, -0.05) is 34.6 Å². The number of aliphatic hydroxyl groups is 1. The van der Waals surface area contributed by atoms with E-state index in [1.165, 1.54) is 19.3 Å². The molecule has 4 atom stereocenters. The first kappa shape index (κ1) is 16.3. The van der Waals surface area contributed by atoms with Crippen molar-refractivity contribution in [3.63, 3.8) is 0 Å². The van der Waals surface area contributed by atoms with Crippen molar-refractivity contribution in [2.24, 2.45) is 16.7 Å². The van der Waals surface area contributed by atoms with Gasteiger partial charge in [-0.15, -0.1) is 0 Å². The van der Waals surface area contributed by atoms with Gasteiger partial charge in [-0.2, -0.15) is 0 Å². The van der Waals surface area contributed by atoms with E-state index >= 15 is 0 Å². The Labute approximate surface area is 124 Å². The number of nitrogens with zero attached hydrogens (tertiary/aromatic N) is 1. The second kappa shape index (κ2) is 5.94. The van der Waals surface area contributed by atoms with Gasteiger partial charge in [0.2, 0.25) is 0 Å². The minimum atomic E-state index is -0.360. The fraction of sp³-hybridized carbons (Fsp3) is 1.00. The van der Waals surface area contributed by atoms with Crippen molar-refractivity contribution in [2.45, 2.75) is 66.1 Å². The summed E-state index contributed by atoms with van der Waals surface area (Å²) in [5, 5.41) is 10.2. The van der Waals surface area contributed by atoms with Crippen LogP contribution in [0.4, 0.5) is 0 Å². The maximum absolute atomic E-state index is 10.2. The number of likely N-dealkylation sites (N-methyl/N-ethyl adjacent to an activating group) is 1. The molecule has 2 bridgehead atoms. The Kier molecular flexibility index (Phi) is 4.83. The Morgan fingerprint density at radius 2 is 1.90 bits per heavy atom. The molecule has 0 radical (unpaired) electrons. The zero-order chi connectivity index (χ0) is 15.0. The maximum atomic E-state index is 10.2. The molecule has 20 heavy (non-hydrogen) atoms. The van der Waals surface area contributed by atoms with E-state index in [0.29, 0.717) is 23.5 Å². The summed E-state index contributed by atoms with van der Waals surface area (Å²) in [4.78, 5) is 2.25. The van der Waals surface area contributed by atoms with Crippen LogP contribution in [0.15, 0.2) is 0 Å². The Balaban J connectivity index is 1.84. The molecule has 3 heteroatoms. The van der Waals surface area contributed by atoms with E-state index in [1.807, 2.05) is 0 Å². The molecule has 0 spiro atoms. The Morgan fingerprint density at radius 3 is 2.35 bits per heavy atom. The Morgan fingerprint density at radius 1 is 1.25 bits per heavy atom. The maximum Gasteiger partial charge on any atom is 0.0900 e. The number of hydrogen-bond acceptors (Lipinski definition) is 3. The molecule has 2 rings (SSSR count). The normalized spacial score (nSPS) is 36.8. The van der Waals surface area contributed by atoms with Crippen LogP contribution in [-0.4, -0.2) is 48.5 Å². The van der Waals surface area contributed by atoms with Gasteiger partial charge in [-0.3, -0.25) is 0 Å². The van der Waals surface area contributed by atoms with Gasteiger partial charge in [-0.05, 0) is 49.1 Å². The molecule has 118 valence electrons. The second-order valence-electron chi connectivity index (χ2n) is 7.57. The molecule has 0 saturated heterocycles. The highest BCUT2D eigenvalue weighted by molar-refractivity contribution is 5.11. The van der Waals surface area contributed by atoms with Crippen LogP contribution >= 0.6 is 0 Å². The van der Waals surface area contributed by atoms with Crippen molar-refractivity contribution in [1.29, 1.82) is 0 Å². The summed E-state index contributed by atoms with van der Waals surface area (Å²) in [7, 11) is 0. The van der Waals surface area contributed by atoms with Gasteiger partial charge >= 0.3 is 0 Å². The van der Waals surface area contributed by atoms with Crippen LogP contribution in [0.3, 0.4) is 0 Å². The van der Waals surface area contributed by atoms with E-state index in [1.54, 1.807) is 0 Å². The molecule has 1 N–H and O–H groups in total. The molecule has 0 aromatic heterocycles. The highest BCUT2D eigenvalue weighted by Gasteiger charge is 2.61. The lowest BCUT2D eigenvalue weighted by Crippen LogP contribution is -2.40. The lowest BCUT2D eigenvalue weighted by Gasteiger charge is -2.39. The van der Waals surface area contributed by atoms with Crippen LogP contribution in [0, 0.1) is 16.7 Å². The molecule has 2 saturated carbocycles. The molecule has 2 aliphatic rings. The summed E-state index contributed by atoms with van der Waals surface area (Å²) in [5.41, 5.74) is 0.689. The van der Waals surface area contributed by atoms with Crippen LogP contribution in [0.2, 0.25) is 0 Å². The monoisotopic (exact) mass is 283 g/mol. The predicted molar refractivity (Wildman–Crippen MR) is 82.8 cm³/mol. The van der Waals surface area contributed by atoms with E-state index in [2.05, 4.69) is 39.5 Å². The first-order valence-electron chi connectivity index (χ1n) is 8.37. The highest BCUT2D eigenvalue weighted by atomic mass is 16.5. The van der Waals surface area contributed by atoms with Crippen LogP contribution < -0.4 is 0 Å². The third-order valence-electron chi connectivity index (χ3n) is 6.57. The summed E-state index contributed by atoms with van der Waals surface area (Å²) < 4.78 is 6.15. The van der Waals surface area contributed by atoms with Crippen LogP contribution in [0.5, 0.6) is 0 Å². The van der Waals surface area contributed by atoms with Gasteiger partial charge in [0.15, 0.2) is 0 Å². The Bertz CT molecular complexity index is 327. The number of rotatable bonds is 7. The molecule has 2 aliphatic carbocycles. The van der Waals surface area contributed by atoms with Crippen LogP contribution in [0.25, 0.3) is 0 Å². The fourth-order valence-electron chi connectivity index (χ4n) is 4.44. The van der Waals surface area contributed by atoms with Crippen molar-refractivity contribution in [3.8, 4) is 0 Å². The summed E-state index contributed by atoms with van der Waals surface area (Å²) >= 11 is 0. The van der Waals surface area contributed by atoms with Gasteiger partial charge in [-0.25, -0.2) is 0 Å². The van der Waals surface area contributed by atoms with Crippen molar-refractivity contribution in [2.75, 3.05) is 26.2 Å². The lowest BCUT2D eigenvalue weighted by molar-refractivity contribution is -0.0789. The van der Waals surface area contributed by atoms with Crippen LogP contribution in [-0.2, 0) is 4.74 Å². The molecule has 0 aliphatic heterocycles. The molecule has 0 aromatic rings. The first-order valence-corrected chi connectivity index (χ1v) is 8.37. The first-order chi connectivity index (χ1) is 9.35. The molecular weight excluding hydrogens is 250 g/mol. The Hall–Kier alpha value is -0.120. The smallest absolute Gasteiger partial charge is 0.0900 e. The predicted octanol–water partition coefficient (Wildman–Crippen LogP) is 2.92. The molecular formula is C17H33NO2. The van der Waals surface area contributed by atoms with Gasteiger partial charge in [0.1, 0.15) is 0 Å². The van der Waals surface area contributed by atoms with Gasteiger partial charge < -0.3 is 14.7 Å². The zero-order valence-corrected chi connectivity index (χ0v) is 14.0. The van der Waals surface area contributed by atoms with E-state index in [-0.39, 0.29) is 6.10 Å². The number of hydrogen-bond donors (Lipinski definition) is 1. The second-order valence-corrected chi connectivity index (χ2v) is 7.57. The van der Waals surface area contributed by atoms with E-state index in [4.69, 9.17) is 4.74 Å². The summed E-state index contributed by atoms with van der Waals surface area (Å²) in [6.45, 7) is 14.7. The number of aliphatic hydroxyl groups excluding tert-OH is 1. The van der Waals surface area contributed by atoms with Crippen molar-refractivity contribution < 1.29 is 9.84 Å². The van der Waals surface area contributed by atoms with Gasteiger partial charge in [0.25, 0.3) is 0 Å². The van der Waals surface area contributed by atoms with Crippen molar-refractivity contribution in [3.05, 3.63) is 0 Å². The minimum Gasteiger partial charge on any atom is -0.389 e. The average Bonchev–Trinajstić information content (AvgIpc) is 2.75. The lowest BCUT2D eigenvalue weighted by atomic mass is 9.70. The fourth-order valence-corrected chi connectivity index (χ4v) is 4.44. The highest BCUT2D eigenvalue weighted by Crippen LogP contribution is 2.66. The average molecular weight is 283 g/mol. The standard InChI is InChI=1S/C17H33NO2/c1-6-18(7-2)11-14(19)12-20-15-10-13-8-9-17(15,5)16(13,3)4/h13-15,19H,6-12H2,1-5H3/t13-,14+,15+,17-/m0/s1. The van der Waals surface area contributed by atoms with Crippen LogP contribution in [0.1, 0.15) is 53.9 Å². The molecule has 0 unspecified atom stereocenters. The summed E-state index contributed by atoms with van der Waals surface area (Å²) in [6.07, 6.45) is 3.79. The molecule has 0 amide bonds. The summed E-state index contributed by atoms with van der Waals surface area (Å²) in [6, 6.07) is 0. The van der Waals surface area contributed by atoms with Gasteiger partial charge in [0.05, 0.1) is 18.8 Å². The molecule has 0 aromatic carbocycles. The van der Waals surface area contributed by atoms with E-state index in [0.717, 1.165) is 25.6 Å². The molecule has 3 nitrogen and oxygen atoms in total. The van der Waals surface area contributed by atoms with Crippen molar-refractivity contribution >= 4 is 0 Å². The third-order valence-corrected chi connectivity index (χ3v) is 6.57. The van der Waals surface area contributed by atoms with Gasteiger partial charge in [0, 0.05) is 6.54 Å². The van der Waals surface area contributed by atoms with E-state index in [9.17, 15) is 5.11 Å². The molecule has 0 heterocycles. The molecule has 2 fully saturated rings. The zero-order valence-electron chi connectivity index (χ0n) is 14.0. The number of fused-ring (bicyclic) bond motifs is 2. The summed E-state index contributed by atoms with van der Waals surface area (Å²) in [5.74, 6) is 0.803. The minimum absolute atomic E-state index is 0.298.